The molecule has 1 aromatic heterocycles. The Morgan fingerprint density at radius 2 is 2.12 bits per heavy atom. The summed E-state index contributed by atoms with van der Waals surface area (Å²) in [6, 6.07) is 0. The highest BCUT2D eigenvalue weighted by atomic mass is 127. The number of piperazine rings is 1. The van der Waals surface area contributed by atoms with E-state index in [1.807, 2.05) is 17.8 Å². The number of aromatic nitrogens is 2. The average Bonchev–Trinajstić information content (AvgIpc) is 3.10. The Bertz CT molecular complexity index is 528. The van der Waals surface area contributed by atoms with E-state index in [2.05, 4.69) is 44.9 Å². The number of anilines is 1. The highest BCUT2D eigenvalue weighted by Gasteiger charge is 2.21. The van der Waals surface area contributed by atoms with Gasteiger partial charge in [0.1, 0.15) is 5.82 Å². The van der Waals surface area contributed by atoms with Gasteiger partial charge in [0.15, 0.2) is 5.96 Å². The summed E-state index contributed by atoms with van der Waals surface area (Å²) < 4.78 is 4.39. The van der Waals surface area contributed by atoms with Gasteiger partial charge in [-0.15, -0.1) is 30.6 Å². The van der Waals surface area contributed by atoms with Gasteiger partial charge in [-0.25, -0.2) is 4.98 Å². The fourth-order valence-corrected chi connectivity index (χ4v) is 3.79. The third-order valence-electron chi connectivity index (χ3n) is 3.69. The summed E-state index contributed by atoms with van der Waals surface area (Å²) in [5.74, 6) is 4.00. The van der Waals surface area contributed by atoms with Crippen molar-refractivity contribution >= 4 is 58.4 Å². The molecule has 1 N–H and O–H groups in total. The molecule has 0 saturated carbocycles. The first kappa shape index (κ1) is 22.5. The molecule has 142 valence electrons. The summed E-state index contributed by atoms with van der Waals surface area (Å²) in [7, 11) is 0. The van der Waals surface area contributed by atoms with Crippen LogP contribution < -0.4 is 10.2 Å². The average molecular weight is 496 g/mol. The lowest BCUT2D eigenvalue weighted by Crippen LogP contribution is -2.52. The van der Waals surface area contributed by atoms with Crippen molar-refractivity contribution in [1.29, 1.82) is 0 Å². The van der Waals surface area contributed by atoms with Gasteiger partial charge in [-0.2, -0.15) is 16.1 Å². The van der Waals surface area contributed by atoms with Crippen molar-refractivity contribution in [3.8, 4) is 0 Å². The van der Waals surface area contributed by atoms with Crippen molar-refractivity contribution in [3.05, 3.63) is 18.5 Å². The van der Waals surface area contributed by atoms with Gasteiger partial charge in [0.25, 0.3) is 0 Å². The molecule has 0 amide bonds. The molecule has 1 aliphatic rings. The molecule has 2 rings (SSSR count). The monoisotopic (exact) mass is 496 g/mol. The van der Waals surface area contributed by atoms with Gasteiger partial charge < -0.3 is 15.1 Å². The van der Waals surface area contributed by atoms with Gasteiger partial charge in [0.05, 0.1) is 6.54 Å². The molecule has 1 saturated heterocycles. The number of nitrogens with one attached hydrogen (secondary N) is 1. The summed E-state index contributed by atoms with van der Waals surface area (Å²) >= 11 is 3.38. The quantitative estimate of drug-likeness (QED) is 0.197. The number of hydrogen-bond acceptors (Lipinski definition) is 6. The van der Waals surface area contributed by atoms with Gasteiger partial charge in [-0.3, -0.25) is 4.99 Å². The summed E-state index contributed by atoms with van der Waals surface area (Å²) in [5, 5.41) is 4.46. The SMILES string of the molecule is C=CCSCCN=C(NCC)N1CCN(c2nc(CC)ns2)CC1.I. The van der Waals surface area contributed by atoms with E-state index in [0.717, 1.165) is 74.1 Å². The Balaban J connectivity index is 0.00000312. The first-order valence-corrected chi connectivity index (χ1v) is 10.5. The Hall–Kier alpha value is -0.550. The van der Waals surface area contributed by atoms with Gasteiger partial charge in [-0.1, -0.05) is 13.0 Å². The second-order valence-corrected chi connectivity index (χ2v) is 7.30. The fraction of sp³-hybridized carbons (Fsp3) is 0.688. The molecule has 1 fully saturated rings. The Morgan fingerprint density at radius 3 is 2.72 bits per heavy atom. The minimum absolute atomic E-state index is 0. The number of hydrogen-bond donors (Lipinski definition) is 1. The molecule has 2 heterocycles. The first-order chi connectivity index (χ1) is 11.8. The summed E-state index contributed by atoms with van der Waals surface area (Å²) in [6.45, 7) is 13.6. The van der Waals surface area contributed by atoms with Crippen molar-refractivity contribution in [2.75, 3.05) is 55.7 Å². The number of rotatable bonds is 8. The van der Waals surface area contributed by atoms with E-state index < -0.39 is 0 Å². The molecule has 6 nitrogen and oxygen atoms in total. The first-order valence-electron chi connectivity index (χ1n) is 8.57. The highest BCUT2D eigenvalue weighted by molar-refractivity contribution is 14.0. The molecule has 1 aliphatic heterocycles. The van der Waals surface area contributed by atoms with Crippen molar-refractivity contribution in [2.45, 2.75) is 20.3 Å². The highest BCUT2D eigenvalue weighted by Crippen LogP contribution is 2.19. The van der Waals surface area contributed by atoms with E-state index in [1.165, 1.54) is 11.5 Å². The minimum Gasteiger partial charge on any atom is -0.357 e. The van der Waals surface area contributed by atoms with Crippen LogP contribution in [0.2, 0.25) is 0 Å². The van der Waals surface area contributed by atoms with Crippen LogP contribution in [0.15, 0.2) is 17.6 Å². The molecular weight excluding hydrogens is 467 g/mol. The Labute approximate surface area is 176 Å². The van der Waals surface area contributed by atoms with Gasteiger partial charge in [0, 0.05) is 62.2 Å². The summed E-state index contributed by atoms with van der Waals surface area (Å²) in [5.41, 5.74) is 0. The van der Waals surface area contributed by atoms with E-state index >= 15 is 0 Å². The lowest BCUT2D eigenvalue weighted by Gasteiger charge is -2.36. The van der Waals surface area contributed by atoms with Crippen LogP contribution in [0.4, 0.5) is 5.13 Å². The van der Waals surface area contributed by atoms with Crippen LogP contribution in [0.3, 0.4) is 0 Å². The zero-order valence-electron chi connectivity index (χ0n) is 15.1. The summed E-state index contributed by atoms with van der Waals surface area (Å²) in [6.07, 6.45) is 2.84. The normalized spacial score (nSPS) is 15.0. The standard InChI is InChI=1S/C16H28N6S2.HI/c1-4-12-23-13-7-18-15(17-6-3)21-8-10-22(11-9-21)16-19-14(5-2)20-24-16;/h4H,1,5-13H2,2-3H3,(H,17,18);1H. The van der Waals surface area contributed by atoms with Crippen molar-refractivity contribution in [3.63, 3.8) is 0 Å². The molecule has 0 spiro atoms. The van der Waals surface area contributed by atoms with Crippen LogP contribution >= 0.6 is 47.3 Å². The third-order valence-corrected chi connectivity index (χ3v) is 5.45. The molecule has 0 unspecified atom stereocenters. The van der Waals surface area contributed by atoms with Gasteiger partial charge >= 0.3 is 0 Å². The smallest absolute Gasteiger partial charge is 0.205 e. The topological polar surface area (TPSA) is 56.7 Å². The van der Waals surface area contributed by atoms with Crippen molar-refractivity contribution in [1.82, 2.24) is 19.6 Å². The summed E-state index contributed by atoms with van der Waals surface area (Å²) in [4.78, 5) is 14.0. The van der Waals surface area contributed by atoms with Crippen LogP contribution in [0.25, 0.3) is 0 Å². The van der Waals surface area contributed by atoms with Crippen LogP contribution in [0.5, 0.6) is 0 Å². The molecular formula is C16H29IN6S2. The maximum atomic E-state index is 4.76. The molecule has 0 aliphatic carbocycles. The second kappa shape index (κ2) is 12.7. The lowest BCUT2D eigenvalue weighted by atomic mass is 10.3. The number of halogens is 1. The molecule has 0 radical (unpaired) electrons. The number of guanidine groups is 1. The molecule has 1 aromatic rings. The Morgan fingerprint density at radius 1 is 1.36 bits per heavy atom. The molecule has 25 heavy (non-hydrogen) atoms. The van der Waals surface area contributed by atoms with E-state index in [4.69, 9.17) is 4.99 Å². The van der Waals surface area contributed by atoms with Crippen LogP contribution in [0, 0.1) is 0 Å². The molecule has 0 atom stereocenters. The maximum absolute atomic E-state index is 4.76. The fourth-order valence-electron chi connectivity index (χ4n) is 2.43. The number of nitrogens with zero attached hydrogens (tertiary/aromatic N) is 5. The zero-order valence-corrected chi connectivity index (χ0v) is 19.1. The van der Waals surface area contributed by atoms with Gasteiger partial charge in [0.2, 0.25) is 5.13 Å². The van der Waals surface area contributed by atoms with Gasteiger partial charge in [-0.05, 0) is 6.92 Å². The van der Waals surface area contributed by atoms with E-state index in [9.17, 15) is 0 Å². The van der Waals surface area contributed by atoms with Crippen molar-refractivity contribution < 1.29 is 0 Å². The zero-order chi connectivity index (χ0) is 17.2. The Kier molecular flexibility index (Phi) is 11.5. The number of aliphatic imine (C=N–C) groups is 1. The van der Waals surface area contributed by atoms with Crippen LogP contribution in [-0.2, 0) is 6.42 Å². The predicted molar refractivity (Wildman–Crippen MR) is 122 cm³/mol. The molecule has 0 aromatic carbocycles. The third kappa shape index (κ3) is 7.30. The largest absolute Gasteiger partial charge is 0.357 e. The number of thioether (sulfide) groups is 1. The van der Waals surface area contributed by atoms with E-state index in [1.54, 1.807) is 0 Å². The molecule has 9 heteroatoms. The maximum Gasteiger partial charge on any atom is 0.205 e. The van der Waals surface area contributed by atoms with E-state index in [-0.39, 0.29) is 24.0 Å². The lowest BCUT2D eigenvalue weighted by molar-refractivity contribution is 0.372. The van der Waals surface area contributed by atoms with Crippen LogP contribution in [-0.4, -0.2) is 71.0 Å². The minimum atomic E-state index is 0. The van der Waals surface area contributed by atoms with Crippen molar-refractivity contribution in [2.24, 2.45) is 4.99 Å². The van der Waals surface area contributed by atoms with Crippen LogP contribution in [0.1, 0.15) is 19.7 Å². The molecule has 0 bridgehead atoms. The second-order valence-electron chi connectivity index (χ2n) is 5.42. The van der Waals surface area contributed by atoms with E-state index in [0.29, 0.717) is 0 Å². The predicted octanol–water partition coefficient (Wildman–Crippen LogP) is 2.73. The number of aryl methyl sites for hydroxylation is 1.